The van der Waals surface area contributed by atoms with Gasteiger partial charge in [0.2, 0.25) is 10.0 Å². The third kappa shape index (κ3) is 5.83. The molecule has 116 valence electrons. The number of ether oxygens (including phenoxy) is 2. The number of methoxy groups -OCH3 is 2. The van der Waals surface area contributed by atoms with Gasteiger partial charge in [-0.1, -0.05) is 17.9 Å². The molecule has 21 heavy (non-hydrogen) atoms. The Hall–Kier alpha value is -1.43. The van der Waals surface area contributed by atoms with Gasteiger partial charge in [0.25, 0.3) is 0 Å². The predicted octanol–water partition coefficient (Wildman–Crippen LogP) is -0.0299. The van der Waals surface area contributed by atoms with E-state index >= 15 is 0 Å². The molecule has 2 N–H and O–H groups in total. The number of hydrogen-bond donors (Lipinski definition) is 2. The number of nitrogens with one attached hydrogen (secondary N) is 1. The van der Waals surface area contributed by atoms with Crippen LogP contribution in [-0.2, 0) is 19.5 Å². The van der Waals surface area contributed by atoms with Crippen LogP contribution in [0.25, 0.3) is 0 Å². The molecule has 0 saturated heterocycles. The second-order valence-electron chi connectivity index (χ2n) is 4.15. The third-order valence-corrected chi connectivity index (χ3v) is 4.06. The van der Waals surface area contributed by atoms with Gasteiger partial charge in [-0.15, -0.1) is 0 Å². The van der Waals surface area contributed by atoms with E-state index in [0.717, 1.165) is 0 Å². The molecule has 0 aliphatic heterocycles. The van der Waals surface area contributed by atoms with Gasteiger partial charge >= 0.3 is 0 Å². The summed E-state index contributed by atoms with van der Waals surface area (Å²) in [6.45, 7) is 0.127. The summed E-state index contributed by atoms with van der Waals surface area (Å²) in [5.41, 5.74) is 0.520. The average Bonchev–Trinajstić information content (AvgIpc) is 2.49. The Morgan fingerprint density at radius 1 is 1.38 bits per heavy atom. The minimum Gasteiger partial charge on any atom is -0.384 e. The van der Waals surface area contributed by atoms with Crippen molar-refractivity contribution in [1.82, 2.24) is 4.72 Å². The quantitative estimate of drug-likeness (QED) is 0.691. The molecule has 0 aliphatic carbocycles. The molecule has 0 amide bonds. The van der Waals surface area contributed by atoms with E-state index in [1.165, 1.54) is 26.4 Å². The molecular weight excluding hydrogens is 294 g/mol. The van der Waals surface area contributed by atoms with Gasteiger partial charge in [-0.3, -0.25) is 0 Å². The van der Waals surface area contributed by atoms with Crippen molar-refractivity contribution >= 4 is 10.0 Å². The molecule has 0 heterocycles. The van der Waals surface area contributed by atoms with E-state index in [0.29, 0.717) is 12.2 Å². The maximum Gasteiger partial charge on any atom is 0.240 e. The maximum atomic E-state index is 12.2. The van der Waals surface area contributed by atoms with Gasteiger partial charge in [0, 0.05) is 26.3 Å². The van der Waals surface area contributed by atoms with Crippen LogP contribution in [0, 0.1) is 11.8 Å². The van der Waals surface area contributed by atoms with Crippen LogP contribution in [0.5, 0.6) is 0 Å². The van der Waals surface area contributed by atoms with Crippen molar-refractivity contribution in [3.63, 3.8) is 0 Å². The lowest BCUT2D eigenvalue weighted by Gasteiger charge is -2.15. The van der Waals surface area contributed by atoms with Gasteiger partial charge in [-0.2, -0.15) is 0 Å². The molecule has 1 atom stereocenters. The second kappa shape index (κ2) is 8.77. The first-order valence-corrected chi connectivity index (χ1v) is 7.73. The van der Waals surface area contributed by atoms with Gasteiger partial charge in [0.05, 0.1) is 17.6 Å². The molecule has 0 aromatic heterocycles. The molecule has 0 saturated carbocycles. The van der Waals surface area contributed by atoms with Gasteiger partial charge in [0.15, 0.2) is 0 Å². The van der Waals surface area contributed by atoms with E-state index in [9.17, 15) is 8.42 Å². The molecule has 1 aromatic carbocycles. The van der Waals surface area contributed by atoms with Crippen molar-refractivity contribution in [1.29, 1.82) is 0 Å². The Balaban J connectivity index is 2.82. The highest BCUT2D eigenvalue weighted by Gasteiger charge is 2.17. The first-order chi connectivity index (χ1) is 10.0. The number of benzene rings is 1. The summed E-state index contributed by atoms with van der Waals surface area (Å²) in [7, 11) is -0.640. The molecule has 1 unspecified atom stereocenters. The summed E-state index contributed by atoms with van der Waals surface area (Å²) in [6.07, 6.45) is -0.359. The Kier molecular flexibility index (Phi) is 7.36. The summed E-state index contributed by atoms with van der Waals surface area (Å²) in [4.78, 5) is 0.111. The van der Waals surface area contributed by atoms with Crippen LogP contribution in [0.3, 0.4) is 0 Å². The molecule has 0 aliphatic rings. The summed E-state index contributed by atoms with van der Waals surface area (Å²) in [5.74, 6) is 5.14. The molecule has 7 heteroatoms. The number of hydrogen-bond acceptors (Lipinski definition) is 5. The fraction of sp³-hybridized carbons (Fsp3) is 0.429. The Labute approximate surface area is 125 Å². The third-order valence-electron chi connectivity index (χ3n) is 2.64. The lowest BCUT2D eigenvalue weighted by molar-refractivity contribution is 0.0320. The number of aliphatic hydroxyl groups excluding tert-OH is 1. The minimum absolute atomic E-state index is 0.110. The van der Waals surface area contributed by atoms with Crippen LogP contribution in [0.15, 0.2) is 29.2 Å². The van der Waals surface area contributed by atoms with Crippen molar-refractivity contribution < 1.29 is 23.0 Å². The number of sulfonamides is 1. The maximum absolute atomic E-state index is 12.2. The standard InChI is InChI=1S/C14H19NO5S/c1-19-11-13(20-2)10-15-21(17,18)14-7-3-5-12(9-14)6-4-8-16/h3,5,7,9,13,15-16H,8,10-11H2,1-2H3. The summed E-state index contributed by atoms with van der Waals surface area (Å²) in [6, 6.07) is 6.19. The van der Waals surface area contributed by atoms with E-state index in [1.54, 1.807) is 12.1 Å². The molecule has 0 bridgehead atoms. The largest absolute Gasteiger partial charge is 0.384 e. The summed E-state index contributed by atoms with van der Waals surface area (Å²) >= 11 is 0. The first-order valence-electron chi connectivity index (χ1n) is 6.24. The van der Waals surface area contributed by atoms with Crippen LogP contribution in [0.2, 0.25) is 0 Å². The molecule has 6 nitrogen and oxygen atoms in total. The monoisotopic (exact) mass is 313 g/mol. The van der Waals surface area contributed by atoms with E-state index in [4.69, 9.17) is 14.6 Å². The molecule has 0 spiro atoms. The normalized spacial score (nSPS) is 12.5. The van der Waals surface area contributed by atoms with Crippen molar-refractivity contribution in [3.8, 4) is 11.8 Å². The smallest absolute Gasteiger partial charge is 0.240 e. The fourth-order valence-corrected chi connectivity index (χ4v) is 2.68. The summed E-state index contributed by atoms with van der Waals surface area (Å²) < 4.78 is 36.8. The van der Waals surface area contributed by atoms with E-state index < -0.39 is 10.0 Å². The lowest BCUT2D eigenvalue weighted by Crippen LogP contribution is -2.35. The SMILES string of the molecule is COCC(CNS(=O)(=O)c1cccc(C#CCO)c1)OC. The number of aliphatic hydroxyl groups is 1. The van der Waals surface area contributed by atoms with Gasteiger partial charge in [-0.05, 0) is 18.2 Å². The van der Waals surface area contributed by atoms with E-state index in [1.807, 2.05) is 0 Å². The highest BCUT2D eigenvalue weighted by molar-refractivity contribution is 7.89. The zero-order chi connectivity index (χ0) is 15.7. The molecule has 1 rings (SSSR count). The van der Waals surface area contributed by atoms with Crippen LogP contribution in [0.4, 0.5) is 0 Å². The molecule has 0 fully saturated rings. The Bertz CT molecular complexity index is 603. The second-order valence-corrected chi connectivity index (χ2v) is 5.92. The van der Waals surface area contributed by atoms with Crippen molar-refractivity contribution in [3.05, 3.63) is 29.8 Å². The van der Waals surface area contributed by atoms with Crippen LogP contribution in [-0.4, -0.2) is 53.6 Å². The molecule has 0 radical (unpaired) electrons. The minimum atomic E-state index is -3.65. The zero-order valence-electron chi connectivity index (χ0n) is 12.0. The van der Waals surface area contributed by atoms with Crippen LogP contribution in [0.1, 0.15) is 5.56 Å². The van der Waals surface area contributed by atoms with Gasteiger partial charge in [0.1, 0.15) is 6.61 Å². The zero-order valence-corrected chi connectivity index (χ0v) is 12.8. The Morgan fingerprint density at radius 3 is 2.76 bits per heavy atom. The van der Waals surface area contributed by atoms with Crippen LogP contribution < -0.4 is 4.72 Å². The highest BCUT2D eigenvalue weighted by Crippen LogP contribution is 2.11. The van der Waals surface area contributed by atoms with Crippen LogP contribution >= 0.6 is 0 Å². The highest BCUT2D eigenvalue weighted by atomic mass is 32.2. The molecular formula is C14H19NO5S. The first kappa shape index (κ1) is 17.6. The predicted molar refractivity (Wildman–Crippen MR) is 78.3 cm³/mol. The topological polar surface area (TPSA) is 84.9 Å². The van der Waals surface area contributed by atoms with E-state index in [-0.39, 0.29) is 24.2 Å². The average molecular weight is 313 g/mol. The lowest BCUT2D eigenvalue weighted by atomic mass is 10.2. The van der Waals surface area contributed by atoms with Gasteiger partial charge in [-0.25, -0.2) is 13.1 Å². The van der Waals surface area contributed by atoms with Crippen molar-refractivity contribution in [2.75, 3.05) is 34.0 Å². The van der Waals surface area contributed by atoms with Crippen molar-refractivity contribution in [2.45, 2.75) is 11.0 Å². The molecule has 1 aromatic rings. The Morgan fingerprint density at radius 2 is 2.14 bits per heavy atom. The summed E-state index contributed by atoms with van der Waals surface area (Å²) in [5, 5.41) is 8.65. The van der Waals surface area contributed by atoms with Crippen molar-refractivity contribution in [2.24, 2.45) is 0 Å². The van der Waals surface area contributed by atoms with E-state index in [2.05, 4.69) is 16.6 Å². The number of rotatable bonds is 7. The fourth-order valence-electron chi connectivity index (χ4n) is 1.56. The van der Waals surface area contributed by atoms with Gasteiger partial charge < -0.3 is 14.6 Å².